The third-order valence-electron chi connectivity index (χ3n) is 2.07. The average Bonchev–Trinajstić information content (AvgIpc) is 2.41. The Kier molecular flexibility index (Phi) is 10.5. The molecule has 21 heavy (non-hydrogen) atoms. The van der Waals surface area contributed by atoms with Gasteiger partial charge in [-0.1, -0.05) is 0 Å². The summed E-state index contributed by atoms with van der Waals surface area (Å²) >= 11 is 0. The Balaban J connectivity index is 3.36. The number of rotatable bonds is 12. The van der Waals surface area contributed by atoms with Crippen molar-refractivity contribution in [2.45, 2.75) is 25.7 Å². The number of carbonyl (C=O) groups is 4. The van der Waals surface area contributed by atoms with Crippen molar-refractivity contribution in [3.05, 3.63) is 0 Å². The quantitative estimate of drug-likeness (QED) is 0.371. The first-order valence-electron chi connectivity index (χ1n) is 6.24. The van der Waals surface area contributed by atoms with Crippen molar-refractivity contribution in [2.75, 3.05) is 26.4 Å². The highest BCUT2D eigenvalue weighted by atomic mass is 16.6. The summed E-state index contributed by atoms with van der Waals surface area (Å²) < 4.78 is 14.4. The Hall–Kier alpha value is -2.16. The van der Waals surface area contributed by atoms with Gasteiger partial charge in [0.1, 0.15) is 13.2 Å². The second-order valence-electron chi connectivity index (χ2n) is 3.84. The maximum atomic E-state index is 11.0. The second kappa shape index (κ2) is 11.6. The van der Waals surface area contributed by atoms with Gasteiger partial charge in [-0.25, -0.2) is 0 Å². The van der Waals surface area contributed by atoms with E-state index in [1.165, 1.54) is 0 Å². The molecule has 0 radical (unpaired) electrons. The minimum Gasteiger partial charge on any atom is -0.481 e. The van der Waals surface area contributed by atoms with Crippen molar-refractivity contribution in [3.8, 4) is 0 Å². The van der Waals surface area contributed by atoms with Crippen molar-refractivity contribution in [3.63, 3.8) is 0 Å². The highest BCUT2D eigenvalue weighted by Gasteiger charge is 2.07. The Morgan fingerprint density at radius 1 is 0.619 bits per heavy atom. The van der Waals surface area contributed by atoms with E-state index in [4.69, 9.17) is 14.9 Å². The third kappa shape index (κ3) is 14.1. The summed E-state index contributed by atoms with van der Waals surface area (Å²) in [6.07, 6.45) is -0.967. The van der Waals surface area contributed by atoms with Crippen molar-refractivity contribution in [2.24, 2.45) is 0 Å². The smallest absolute Gasteiger partial charge is 0.306 e. The third-order valence-corrected chi connectivity index (χ3v) is 2.07. The van der Waals surface area contributed by atoms with E-state index in [1.807, 2.05) is 0 Å². The Morgan fingerprint density at radius 2 is 1.00 bits per heavy atom. The number of aliphatic carboxylic acids is 2. The summed E-state index contributed by atoms with van der Waals surface area (Å²) in [6, 6.07) is 0. The molecule has 2 N–H and O–H groups in total. The molecule has 0 spiro atoms. The van der Waals surface area contributed by atoms with E-state index in [-0.39, 0.29) is 52.1 Å². The number of carboxylic acid groups (broad SMARTS) is 2. The van der Waals surface area contributed by atoms with Crippen LogP contribution in [0.2, 0.25) is 0 Å². The lowest BCUT2D eigenvalue weighted by atomic mass is 10.3. The summed E-state index contributed by atoms with van der Waals surface area (Å²) in [5.74, 6) is -3.40. The maximum absolute atomic E-state index is 11.0. The SMILES string of the molecule is O=C(O)CCC(=O)OCCOCCOC(=O)CCC(=O)O. The zero-order chi connectivity index (χ0) is 16.1. The van der Waals surface area contributed by atoms with Gasteiger partial charge in [-0.2, -0.15) is 0 Å². The highest BCUT2D eigenvalue weighted by Crippen LogP contribution is 1.94. The molecule has 0 heterocycles. The molecule has 0 aliphatic rings. The normalized spacial score (nSPS) is 9.90. The van der Waals surface area contributed by atoms with E-state index in [2.05, 4.69) is 9.47 Å². The molecule has 0 aliphatic carbocycles. The van der Waals surface area contributed by atoms with Gasteiger partial charge < -0.3 is 24.4 Å². The van der Waals surface area contributed by atoms with Crippen LogP contribution in [0.25, 0.3) is 0 Å². The van der Waals surface area contributed by atoms with Crippen LogP contribution in [0.4, 0.5) is 0 Å². The van der Waals surface area contributed by atoms with E-state index in [1.54, 1.807) is 0 Å². The molecule has 0 fully saturated rings. The average molecular weight is 306 g/mol. The molecule has 0 rings (SSSR count). The molecule has 9 nitrogen and oxygen atoms in total. The number of hydrogen-bond donors (Lipinski definition) is 2. The van der Waals surface area contributed by atoms with Crippen LogP contribution in [0.15, 0.2) is 0 Å². The van der Waals surface area contributed by atoms with E-state index in [0.717, 1.165) is 0 Å². The summed E-state index contributed by atoms with van der Waals surface area (Å²) in [6.45, 7) is 0.133. The van der Waals surface area contributed by atoms with Crippen LogP contribution in [-0.4, -0.2) is 60.5 Å². The molecular weight excluding hydrogens is 288 g/mol. The second-order valence-corrected chi connectivity index (χ2v) is 3.84. The van der Waals surface area contributed by atoms with Gasteiger partial charge in [0, 0.05) is 0 Å². The van der Waals surface area contributed by atoms with Gasteiger partial charge in [-0.05, 0) is 0 Å². The lowest BCUT2D eigenvalue weighted by molar-refractivity contribution is -0.150. The standard InChI is InChI=1S/C12H18O9/c13-9(14)1-3-11(17)20-7-5-19-6-8-21-12(18)4-2-10(15)16/h1-8H2,(H,13,14)(H,15,16). The van der Waals surface area contributed by atoms with Crippen molar-refractivity contribution in [1.29, 1.82) is 0 Å². The molecule has 0 unspecified atom stereocenters. The number of hydrogen-bond acceptors (Lipinski definition) is 7. The molecule has 0 aliphatic heterocycles. The largest absolute Gasteiger partial charge is 0.481 e. The lowest BCUT2D eigenvalue weighted by Crippen LogP contribution is -2.15. The number of carbonyl (C=O) groups excluding carboxylic acids is 2. The summed E-state index contributed by atoms with van der Waals surface area (Å²) in [4.78, 5) is 42.4. The van der Waals surface area contributed by atoms with Gasteiger partial charge in [0.15, 0.2) is 0 Å². The zero-order valence-electron chi connectivity index (χ0n) is 11.4. The number of ether oxygens (including phenoxy) is 3. The predicted molar refractivity (Wildman–Crippen MR) is 66.5 cm³/mol. The van der Waals surface area contributed by atoms with Crippen molar-refractivity contribution in [1.82, 2.24) is 0 Å². The molecule has 0 bridgehead atoms. The van der Waals surface area contributed by atoms with Crippen LogP contribution in [0.3, 0.4) is 0 Å². The summed E-state index contributed by atoms with van der Waals surface area (Å²) in [5, 5.41) is 16.7. The fourth-order valence-electron chi connectivity index (χ4n) is 1.09. The predicted octanol–water partition coefficient (Wildman–Crippen LogP) is -0.181. The fourth-order valence-corrected chi connectivity index (χ4v) is 1.09. The van der Waals surface area contributed by atoms with Crippen LogP contribution in [0, 0.1) is 0 Å². The van der Waals surface area contributed by atoms with Gasteiger partial charge in [0.05, 0.1) is 38.9 Å². The van der Waals surface area contributed by atoms with Gasteiger partial charge in [-0.3, -0.25) is 19.2 Å². The van der Waals surface area contributed by atoms with Crippen LogP contribution in [0.1, 0.15) is 25.7 Å². The first kappa shape index (κ1) is 18.8. The lowest BCUT2D eigenvalue weighted by Gasteiger charge is -2.06. The molecule has 0 aromatic rings. The van der Waals surface area contributed by atoms with Gasteiger partial charge in [0.25, 0.3) is 0 Å². The van der Waals surface area contributed by atoms with Gasteiger partial charge in [-0.15, -0.1) is 0 Å². The van der Waals surface area contributed by atoms with Gasteiger partial charge >= 0.3 is 23.9 Å². The zero-order valence-corrected chi connectivity index (χ0v) is 11.4. The van der Waals surface area contributed by atoms with Crippen molar-refractivity contribution >= 4 is 23.9 Å². The molecule has 0 saturated heterocycles. The Bertz CT molecular complexity index is 330. The molecule has 0 amide bonds. The molecule has 0 aromatic carbocycles. The van der Waals surface area contributed by atoms with Crippen molar-refractivity contribution < 1.29 is 43.6 Å². The van der Waals surface area contributed by atoms with Crippen LogP contribution < -0.4 is 0 Å². The Labute approximate surface area is 120 Å². The van der Waals surface area contributed by atoms with Crippen LogP contribution in [-0.2, 0) is 33.4 Å². The molecule has 0 atom stereocenters. The van der Waals surface area contributed by atoms with E-state index < -0.39 is 23.9 Å². The topological polar surface area (TPSA) is 136 Å². The highest BCUT2D eigenvalue weighted by molar-refractivity contribution is 5.77. The number of esters is 2. The minimum atomic E-state index is -1.08. The molecule has 120 valence electrons. The van der Waals surface area contributed by atoms with E-state index in [9.17, 15) is 19.2 Å². The number of carboxylic acids is 2. The van der Waals surface area contributed by atoms with Crippen LogP contribution >= 0.6 is 0 Å². The van der Waals surface area contributed by atoms with E-state index >= 15 is 0 Å². The first-order valence-corrected chi connectivity index (χ1v) is 6.24. The van der Waals surface area contributed by atoms with E-state index in [0.29, 0.717) is 0 Å². The molecular formula is C12H18O9. The minimum absolute atomic E-state index is 0.0224. The maximum Gasteiger partial charge on any atom is 0.306 e. The monoisotopic (exact) mass is 306 g/mol. The molecule has 0 aromatic heterocycles. The Morgan fingerprint density at radius 3 is 1.33 bits per heavy atom. The van der Waals surface area contributed by atoms with Gasteiger partial charge in [0.2, 0.25) is 0 Å². The molecule has 0 saturated carbocycles. The summed E-state index contributed by atoms with van der Waals surface area (Å²) in [5.41, 5.74) is 0. The summed E-state index contributed by atoms with van der Waals surface area (Å²) in [7, 11) is 0. The van der Waals surface area contributed by atoms with Crippen LogP contribution in [0.5, 0.6) is 0 Å². The molecule has 9 heteroatoms. The first-order chi connectivity index (χ1) is 9.91. The fraction of sp³-hybridized carbons (Fsp3) is 0.667.